The Morgan fingerprint density at radius 1 is 0.439 bits per heavy atom. The molecule has 1 atom stereocenters. The first-order valence-corrected chi connectivity index (χ1v) is 20.6. The minimum Gasteiger partial charge on any atom is -0.481 e. The van der Waals surface area contributed by atoms with Gasteiger partial charge in [-0.15, -0.1) is 0 Å². The number of carbonyl (C=O) groups excluding carboxylic acids is 5. The molecule has 0 aliphatic heterocycles. The smallest absolute Gasteiger partial charge is 0.326 e. The number of nitrogens with one attached hydrogen (secondary N) is 5. The van der Waals surface area contributed by atoms with Gasteiger partial charge >= 0.3 is 11.9 Å². The first-order valence-electron chi connectivity index (χ1n) is 20.6. The maximum absolute atomic E-state index is 12.3. The van der Waals surface area contributed by atoms with E-state index in [0.29, 0.717) is 19.5 Å². The Kier molecular flexibility index (Phi) is 36.3. The molecule has 0 bridgehead atoms. The van der Waals surface area contributed by atoms with Crippen LogP contribution in [0.3, 0.4) is 0 Å². The summed E-state index contributed by atoms with van der Waals surface area (Å²) in [6.45, 7) is 3.52. The van der Waals surface area contributed by atoms with E-state index in [4.69, 9.17) is 24.1 Å². The second kappa shape index (κ2) is 39.0. The summed E-state index contributed by atoms with van der Waals surface area (Å²) in [4.78, 5) is 80.8. The Morgan fingerprint density at radius 3 is 1.30 bits per heavy atom. The number of rotatable bonds is 41. The third-order valence-corrected chi connectivity index (χ3v) is 8.51. The van der Waals surface area contributed by atoms with Crippen LogP contribution in [-0.4, -0.2) is 137 Å². The summed E-state index contributed by atoms with van der Waals surface area (Å²) in [6.07, 6.45) is 15.5. The van der Waals surface area contributed by atoms with Crippen molar-refractivity contribution in [3.63, 3.8) is 0 Å². The number of unbranched alkanes of at least 4 members (excludes halogenated alkanes) is 13. The monoisotopic (exact) mass is 818 g/mol. The van der Waals surface area contributed by atoms with Crippen molar-refractivity contribution in [3.05, 3.63) is 0 Å². The highest BCUT2D eigenvalue weighted by Gasteiger charge is 2.20. The largest absolute Gasteiger partial charge is 0.481 e. The minimum absolute atomic E-state index is 0.0269. The van der Waals surface area contributed by atoms with E-state index in [1.165, 1.54) is 51.9 Å². The molecular formula is C39H71N5O13. The van der Waals surface area contributed by atoms with Crippen molar-refractivity contribution in [3.8, 4) is 0 Å². The fourth-order valence-corrected chi connectivity index (χ4v) is 5.41. The summed E-state index contributed by atoms with van der Waals surface area (Å²) >= 11 is 0. The van der Waals surface area contributed by atoms with E-state index in [0.717, 1.165) is 38.5 Å². The van der Waals surface area contributed by atoms with Crippen molar-refractivity contribution in [2.24, 2.45) is 0 Å². The fourth-order valence-electron chi connectivity index (χ4n) is 5.41. The Labute approximate surface area is 338 Å². The standard InChI is InChI=1S/C39H71N5O13/c1-32(45)40-20-21-41-36(48)30-56-28-27-55-25-23-43-37(49)31-57-29-26-54-24-22-42-34(46)19-18-33(39(52)53)44-35(47)16-14-12-10-8-6-4-2-3-5-7-9-11-13-15-17-38(50)51/h33H,2-31H2,1H3,(H,40,45)(H,41,48)(H,42,46)(H,43,49)(H,44,47)(H,50,51)(H,52,53). The quantitative estimate of drug-likeness (QED) is 0.0438. The van der Waals surface area contributed by atoms with Crippen LogP contribution in [0.15, 0.2) is 0 Å². The molecule has 0 aliphatic rings. The Bertz CT molecular complexity index is 1110. The minimum atomic E-state index is -1.18. The molecule has 0 aromatic heterocycles. The van der Waals surface area contributed by atoms with Gasteiger partial charge in [-0.3, -0.25) is 28.8 Å². The summed E-state index contributed by atoms with van der Waals surface area (Å²) < 4.78 is 21.1. The highest BCUT2D eigenvalue weighted by Crippen LogP contribution is 2.14. The highest BCUT2D eigenvalue weighted by atomic mass is 16.5. The molecule has 57 heavy (non-hydrogen) atoms. The van der Waals surface area contributed by atoms with E-state index in [-0.39, 0.29) is 121 Å². The van der Waals surface area contributed by atoms with Gasteiger partial charge in [-0.1, -0.05) is 77.0 Å². The molecule has 7 N–H and O–H groups in total. The number of carboxylic acid groups (broad SMARTS) is 2. The fraction of sp³-hybridized carbons (Fsp3) is 0.821. The molecule has 0 rings (SSSR count). The van der Waals surface area contributed by atoms with E-state index in [1.54, 1.807) is 0 Å². The number of ether oxygens (including phenoxy) is 4. The summed E-state index contributed by atoms with van der Waals surface area (Å²) in [7, 11) is 0. The second-order valence-electron chi connectivity index (χ2n) is 13.7. The maximum atomic E-state index is 12.3. The molecule has 0 radical (unpaired) electrons. The van der Waals surface area contributed by atoms with Crippen molar-refractivity contribution in [1.29, 1.82) is 0 Å². The van der Waals surface area contributed by atoms with Crippen LogP contribution in [0.5, 0.6) is 0 Å². The van der Waals surface area contributed by atoms with Crippen molar-refractivity contribution in [2.75, 3.05) is 79.0 Å². The van der Waals surface area contributed by atoms with Gasteiger partial charge in [0.25, 0.3) is 0 Å². The van der Waals surface area contributed by atoms with E-state index >= 15 is 0 Å². The third-order valence-electron chi connectivity index (χ3n) is 8.51. The summed E-state index contributed by atoms with van der Waals surface area (Å²) in [5.74, 6) is -3.38. The lowest BCUT2D eigenvalue weighted by Crippen LogP contribution is -2.41. The lowest BCUT2D eigenvalue weighted by atomic mass is 10.0. The average Bonchev–Trinajstić information content (AvgIpc) is 3.16. The van der Waals surface area contributed by atoms with Crippen LogP contribution in [0.1, 0.15) is 122 Å². The molecular weight excluding hydrogens is 746 g/mol. The highest BCUT2D eigenvalue weighted by molar-refractivity contribution is 5.84. The number of carbonyl (C=O) groups is 7. The summed E-state index contributed by atoms with van der Waals surface area (Å²) in [5.41, 5.74) is 0. The molecule has 0 spiro atoms. The predicted molar refractivity (Wildman–Crippen MR) is 211 cm³/mol. The van der Waals surface area contributed by atoms with Gasteiger partial charge in [0.2, 0.25) is 29.5 Å². The van der Waals surface area contributed by atoms with Crippen molar-refractivity contribution >= 4 is 41.5 Å². The molecule has 330 valence electrons. The van der Waals surface area contributed by atoms with Gasteiger partial charge in [-0.05, 0) is 19.3 Å². The van der Waals surface area contributed by atoms with Crippen LogP contribution >= 0.6 is 0 Å². The van der Waals surface area contributed by atoms with E-state index in [1.807, 2.05) is 0 Å². The predicted octanol–water partition coefficient (Wildman–Crippen LogP) is 2.21. The van der Waals surface area contributed by atoms with Gasteiger partial charge in [-0.2, -0.15) is 0 Å². The van der Waals surface area contributed by atoms with Gasteiger partial charge in [0.1, 0.15) is 19.3 Å². The van der Waals surface area contributed by atoms with E-state index < -0.39 is 18.0 Å². The topological polar surface area (TPSA) is 257 Å². The zero-order chi connectivity index (χ0) is 42.2. The van der Waals surface area contributed by atoms with Gasteiger partial charge in [0.05, 0.1) is 39.6 Å². The molecule has 18 nitrogen and oxygen atoms in total. The Hall–Kier alpha value is -3.87. The summed E-state index contributed by atoms with van der Waals surface area (Å²) in [6, 6.07) is -1.14. The van der Waals surface area contributed by atoms with Crippen LogP contribution in [-0.2, 0) is 52.5 Å². The number of amides is 5. The normalized spacial score (nSPS) is 11.4. The molecule has 0 aromatic rings. The molecule has 18 heteroatoms. The molecule has 1 unspecified atom stereocenters. The van der Waals surface area contributed by atoms with Crippen LogP contribution < -0.4 is 26.6 Å². The molecule has 0 fully saturated rings. The van der Waals surface area contributed by atoms with Crippen molar-refractivity contribution in [1.82, 2.24) is 26.6 Å². The maximum Gasteiger partial charge on any atom is 0.326 e. The summed E-state index contributed by atoms with van der Waals surface area (Å²) in [5, 5.41) is 31.1. The second-order valence-corrected chi connectivity index (χ2v) is 13.7. The Balaban J connectivity index is 3.65. The zero-order valence-electron chi connectivity index (χ0n) is 34.2. The molecule has 0 saturated carbocycles. The van der Waals surface area contributed by atoms with E-state index in [9.17, 15) is 38.7 Å². The SMILES string of the molecule is CC(=O)NCCNC(=O)COCCOCCNC(=O)COCCOCCNC(=O)CCC(NC(=O)CCCCCCCCCCCCCCCCC(=O)O)C(=O)O. The molecule has 5 amide bonds. The van der Waals surface area contributed by atoms with Gasteiger partial charge in [-0.25, -0.2) is 4.79 Å². The third kappa shape index (κ3) is 40.1. The molecule has 0 aromatic carbocycles. The van der Waals surface area contributed by atoms with Gasteiger partial charge < -0.3 is 55.7 Å². The number of hydrogen-bond acceptors (Lipinski definition) is 11. The zero-order valence-corrected chi connectivity index (χ0v) is 34.2. The average molecular weight is 818 g/mol. The van der Waals surface area contributed by atoms with Gasteiger partial charge in [0.15, 0.2) is 0 Å². The van der Waals surface area contributed by atoms with Crippen LogP contribution in [0.4, 0.5) is 0 Å². The lowest BCUT2D eigenvalue weighted by molar-refractivity contribution is -0.142. The first kappa shape index (κ1) is 53.1. The number of aliphatic carboxylic acids is 2. The Morgan fingerprint density at radius 2 is 0.842 bits per heavy atom. The van der Waals surface area contributed by atoms with Gasteiger partial charge in [0, 0.05) is 52.4 Å². The van der Waals surface area contributed by atoms with E-state index in [2.05, 4.69) is 26.6 Å². The van der Waals surface area contributed by atoms with Crippen LogP contribution in [0.25, 0.3) is 0 Å². The number of carboxylic acids is 2. The van der Waals surface area contributed by atoms with Crippen molar-refractivity contribution in [2.45, 2.75) is 129 Å². The molecule has 0 aliphatic carbocycles. The lowest BCUT2D eigenvalue weighted by Gasteiger charge is -2.14. The van der Waals surface area contributed by atoms with Crippen LogP contribution in [0, 0.1) is 0 Å². The van der Waals surface area contributed by atoms with Crippen LogP contribution in [0.2, 0.25) is 0 Å². The molecule has 0 saturated heterocycles. The number of hydrogen-bond donors (Lipinski definition) is 7. The van der Waals surface area contributed by atoms with Crippen molar-refractivity contribution < 1.29 is 62.7 Å². The molecule has 0 heterocycles. The first-order chi connectivity index (χ1) is 27.5.